The molecule has 1 rings (SSSR count). The predicted octanol–water partition coefficient (Wildman–Crippen LogP) is -0.624. The van der Waals surface area contributed by atoms with Crippen LogP contribution in [-0.2, 0) is 0 Å². The Morgan fingerprint density at radius 1 is 1.64 bits per heavy atom. The molecule has 0 aliphatic heterocycles. The van der Waals surface area contributed by atoms with E-state index in [0.29, 0.717) is 16.4 Å². The van der Waals surface area contributed by atoms with E-state index in [-0.39, 0.29) is 17.5 Å². The summed E-state index contributed by atoms with van der Waals surface area (Å²) in [5.74, 6) is 0.386. The Morgan fingerprint density at radius 2 is 2.29 bits per heavy atom. The first-order valence-corrected chi connectivity index (χ1v) is 4.76. The zero-order chi connectivity index (χ0) is 10.7. The van der Waals surface area contributed by atoms with Crippen LogP contribution in [0.3, 0.4) is 0 Å². The number of nitrogens with one attached hydrogen (secondary N) is 1. The number of nitrogens with zero attached hydrogens (tertiary/aromatic N) is 1. The average molecular weight is 237 g/mol. The van der Waals surface area contributed by atoms with Gasteiger partial charge in [-0.05, 0) is 6.07 Å². The summed E-state index contributed by atoms with van der Waals surface area (Å²) in [5, 5.41) is 3.66. The first-order chi connectivity index (χ1) is 6.61. The Bertz CT molecular complexity index is 437. The van der Waals surface area contributed by atoms with Crippen LogP contribution >= 0.6 is 23.9 Å². The molecule has 0 atom stereocenters. The van der Waals surface area contributed by atoms with Gasteiger partial charge in [0.25, 0.3) is 0 Å². The van der Waals surface area contributed by atoms with Gasteiger partial charge in [0.1, 0.15) is 11.0 Å². The number of hydrogen-bond donors (Lipinski definition) is 3. The van der Waals surface area contributed by atoms with Crippen molar-refractivity contribution in [3.63, 3.8) is 0 Å². The van der Waals surface area contributed by atoms with Crippen molar-refractivity contribution >= 4 is 34.9 Å². The van der Waals surface area contributed by atoms with Crippen molar-refractivity contribution < 1.29 is 3.89 Å². The van der Waals surface area contributed by atoms with Gasteiger partial charge in [0.05, 0.1) is 5.35 Å². The Hall–Kier alpha value is -1.01. The van der Waals surface area contributed by atoms with Crippen molar-refractivity contribution in [2.75, 3.05) is 7.05 Å². The maximum Gasteiger partial charge on any atom is 0.169 e. The highest BCUT2D eigenvalue weighted by atomic mass is 35.5. The van der Waals surface area contributed by atoms with Crippen LogP contribution < -0.4 is 27.4 Å². The van der Waals surface area contributed by atoms with Crippen LogP contribution in [0.4, 0.5) is 3.89 Å². The molecule has 0 amide bonds. The third kappa shape index (κ3) is 1.91. The van der Waals surface area contributed by atoms with Gasteiger partial charge in [-0.15, -0.1) is 3.89 Å². The van der Waals surface area contributed by atoms with Gasteiger partial charge < -0.3 is 16.8 Å². The zero-order valence-electron chi connectivity index (χ0n) is 7.42. The Labute approximate surface area is 89.8 Å². The van der Waals surface area contributed by atoms with Crippen molar-refractivity contribution in [3.8, 4) is 0 Å². The highest BCUT2D eigenvalue weighted by Gasteiger charge is 2.02. The second-order valence-electron chi connectivity index (χ2n) is 2.48. The quantitative estimate of drug-likeness (QED) is 0.599. The van der Waals surface area contributed by atoms with E-state index in [1.165, 1.54) is 10.2 Å². The van der Waals surface area contributed by atoms with Gasteiger partial charge in [0, 0.05) is 18.5 Å². The van der Waals surface area contributed by atoms with E-state index < -0.39 is 0 Å². The Kier molecular flexibility index (Phi) is 3.54. The van der Waals surface area contributed by atoms with Gasteiger partial charge >= 0.3 is 0 Å². The number of aromatic nitrogens is 1. The zero-order valence-corrected chi connectivity index (χ0v) is 8.99. The van der Waals surface area contributed by atoms with Crippen molar-refractivity contribution in [3.05, 3.63) is 22.8 Å². The molecule has 7 heteroatoms. The summed E-state index contributed by atoms with van der Waals surface area (Å²) in [6.45, 7) is 0. The summed E-state index contributed by atoms with van der Waals surface area (Å²) in [6.07, 6.45) is 1.49. The van der Waals surface area contributed by atoms with Gasteiger partial charge in [-0.25, -0.2) is 0 Å². The predicted molar refractivity (Wildman–Crippen MR) is 57.9 cm³/mol. The molecule has 0 bridgehead atoms. The first-order valence-electron chi connectivity index (χ1n) is 3.71. The van der Waals surface area contributed by atoms with Crippen molar-refractivity contribution in [2.45, 2.75) is 0 Å². The monoisotopic (exact) mass is 236 g/mol. The largest absolute Gasteiger partial charge is 0.388 e. The van der Waals surface area contributed by atoms with Gasteiger partial charge in [-0.2, -0.15) is 0 Å². The summed E-state index contributed by atoms with van der Waals surface area (Å²) < 4.78 is 13.6. The minimum atomic E-state index is -0.00616. The molecule has 0 aliphatic rings. The molecule has 0 saturated carbocycles. The van der Waals surface area contributed by atoms with E-state index in [0.717, 1.165) is 0 Å². The van der Waals surface area contributed by atoms with E-state index in [9.17, 15) is 3.89 Å². The SMILES string of the molecule is CN/C(N)=c1\ccn(SF)\c1=C(\N)Cl. The summed E-state index contributed by atoms with van der Waals surface area (Å²) in [6, 6.07) is 1.63. The molecule has 0 spiro atoms. The summed E-state index contributed by atoms with van der Waals surface area (Å²) in [7, 11) is 1.66. The van der Waals surface area contributed by atoms with Crippen molar-refractivity contribution in [2.24, 2.45) is 11.5 Å². The van der Waals surface area contributed by atoms with Crippen LogP contribution in [0.2, 0.25) is 0 Å². The molecule has 0 aromatic carbocycles. The van der Waals surface area contributed by atoms with Gasteiger partial charge in [-0.1, -0.05) is 11.6 Å². The van der Waals surface area contributed by atoms with Crippen LogP contribution in [0.25, 0.3) is 11.0 Å². The molecule has 1 aromatic heterocycles. The fraction of sp³-hybridized carbons (Fsp3) is 0.143. The minimum Gasteiger partial charge on any atom is -0.388 e. The second kappa shape index (κ2) is 4.47. The third-order valence-corrected chi connectivity index (χ3v) is 2.34. The van der Waals surface area contributed by atoms with Crippen molar-refractivity contribution in [1.82, 2.24) is 9.29 Å². The maximum absolute atomic E-state index is 12.4. The fourth-order valence-corrected chi connectivity index (χ4v) is 1.67. The first kappa shape index (κ1) is 11.1. The van der Waals surface area contributed by atoms with Crippen LogP contribution in [-0.4, -0.2) is 11.0 Å². The Balaban J connectivity index is 3.66. The number of rotatable bonds is 2. The summed E-state index contributed by atoms with van der Waals surface area (Å²) >= 11 is 5.64. The fourth-order valence-electron chi connectivity index (χ4n) is 1.06. The van der Waals surface area contributed by atoms with E-state index in [1.807, 2.05) is 0 Å². The topological polar surface area (TPSA) is 69.0 Å². The van der Waals surface area contributed by atoms with Crippen LogP contribution in [0.5, 0.6) is 0 Å². The molecular weight excluding hydrogens is 227 g/mol. The summed E-state index contributed by atoms with van der Waals surface area (Å²) in [5.41, 5.74) is 11.0. The van der Waals surface area contributed by atoms with Gasteiger partial charge in [0.15, 0.2) is 12.3 Å². The number of halogens is 2. The molecule has 0 saturated heterocycles. The lowest BCUT2D eigenvalue weighted by Gasteiger charge is -1.98. The van der Waals surface area contributed by atoms with Crippen LogP contribution in [0.15, 0.2) is 12.3 Å². The third-order valence-electron chi connectivity index (χ3n) is 1.71. The molecule has 0 unspecified atom stereocenters. The van der Waals surface area contributed by atoms with Crippen molar-refractivity contribution in [1.29, 1.82) is 0 Å². The highest BCUT2D eigenvalue weighted by molar-refractivity contribution is 7.92. The van der Waals surface area contributed by atoms with Crippen LogP contribution in [0, 0.1) is 0 Å². The average Bonchev–Trinajstić information content (AvgIpc) is 2.59. The van der Waals surface area contributed by atoms with Crippen LogP contribution in [0.1, 0.15) is 0 Å². The minimum absolute atomic E-state index is 0.00616. The lowest BCUT2D eigenvalue weighted by molar-refractivity contribution is 0.910. The molecule has 0 fully saturated rings. The smallest absolute Gasteiger partial charge is 0.169 e. The van der Waals surface area contributed by atoms with Gasteiger partial charge in [-0.3, -0.25) is 3.97 Å². The van der Waals surface area contributed by atoms with E-state index in [4.69, 9.17) is 23.1 Å². The maximum atomic E-state index is 12.4. The second-order valence-corrected chi connectivity index (χ2v) is 3.42. The molecular formula is C7H10ClFN4S. The summed E-state index contributed by atoms with van der Waals surface area (Å²) in [4.78, 5) is 0. The highest BCUT2D eigenvalue weighted by Crippen LogP contribution is 2.01. The van der Waals surface area contributed by atoms with E-state index in [2.05, 4.69) is 5.32 Å². The molecule has 14 heavy (non-hydrogen) atoms. The molecule has 78 valence electrons. The molecule has 1 heterocycles. The molecule has 0 aliphatic carbocycles. The standard InChI is InChI=1S/C7H10ClFN4S/c1-12-7(11)4-2-3-13(14-9)5(4)6(8)10/h2-3,12H,10-11H2,1H3/b6-5+,7-4+. The Morgan fingerprint density at radius 3 is 2.71 bits per heavy atom. The van der Waals surface area contributed by atoms with E-state index >= 15 is 0 Å². The molecule has 4 nitrogen and oxygen atoms in total. The number of nitrogens with two attached hydrogens (primary N) is 2. The normalized spacial score (nSPS) is 15.1. The van der Waals surface area contributed by atoms with Gasteiger partial charge in [0.2, 0.25) is 0 Å². The molecule has 1 aromatic rings. The molecule has 0 radical (unpaired) electrons. The lowest BCUT2D eigenvalue weighted by Crippen LogP contribution is -2.37. The van der Waals surface area contributed by atoms with E-state index in [1.54, 1.807) is 13.1 Å². The molecule has 5 N–H and O–H groups in total. The number of hydrogen-bond acceptors (Lipinski definition) is 4. The lowest BCUT2D eigenvalue weighted by atomic mass is 10.4.